The lowest BCUT2D eigenvalue weighted by atomic mass is 9.99. The minimum atomic E-state index is -0.144. The van der Waals surface area contributed by atoms with Crippen LogP contribution in [0.15, 0.2) is 60.7 Å². The molecule has 0 heterocycles. The lowest BCUT2D eigenvalue weighted by Gasteiger charge is -2.20. The van der Waals surface area contributed by atoms with Crippen molar-refractivity contribution >= 4 is 6.03 Å². The van der Waals surface area contributed by atoms with Gasteiger partial charge in [-0.1, -0.05) is 60.7 Å². The van der Waals surface area contributed by atoms with E-state index < -0.39 is 0 Å². The van der Waals surface area contributed by atoms with E-state index in [2.05, 4.69) is 24.7 Å². The molecule has 0 unspecified atom stereocenters. The third-order valence-corrected chi connectivity index (χ3v) is 3.45. The van der Waals surface area contributed by atoms with Crippen LogP contribution in [0, 0.1) is 0 Å². The summed E-state index contributed by atoms with van der Waals surface area (Å²) in [7, 11) is 4.13. The van der Waals surface area contributed by atoms with Gasteiger partial charge in [-0.05, 0) is 11.1 Å². The Kier molecular flexibility index (Phi) is 5.98. The summed E-state index contributed by atoms with van der Waals surface area (Å²) in [6.45, 7) is 1.55. The predicted molar refractivity (Wildman–Crippen MR) is 88.9 cm³/mol. The van der Waals surface area contributed by atoms with Gasteiger partial charge < -0.3 is 15.5 Å². The van der Waals surface area contributed by atoms with Gasteiger partial charge in [-0.15, -0.1) is 0 Å². The van der Waals surface area contributed by atoms with E-state index in [4.69, 9.17) is 0 Å². The number of carbonyl (C=O) groups excluding carboxylic acids is 1. The van der Waals surface area contributed by atoms with Gasteiger partial charge in [-0.25, -0.2) is 4.79 Å². The van der Waals surface area contributed by atoms with Crippen molar-refractivity contribution in [3.05, 3.63) is 71.8 Å². The van der Waals surface area contributed by atoms with Gasteiger partial charge in [0.15, 0.2) is 0 Å². The Morgan fingerprint density at radius 3 is 1.91 bits per heavy atom. The molecule has 0 aromatic heterocycles. The Bertz CT molecular complexity index is 530. The van der Waals surface area contributed by atoms with Crippen molar-refractivity contribution in [3.63, 3.8) is 0 Å². The van der Waals surface area contributed by atoms with E-state index in [0.717, 1.165) is 17.7 Å². The molecule has 2 aromatic carbocycles. The van der Waals surface area contributed by atoms with Crippen molar-refractivity contribution in [1.82, 2.24) is 10.6 Å². The molecule has 2 aromatic rings. The van der Waals surface area contributed by atoms with Crippen molar-refractivity contribution in [1.29, 1.82) is 0 Å². The normalized spacial score (nSPS) is 10.7. The van der Waals surface area contributed by atoms with Gasteiger partial charge in [0.05, 0.1) is 33.2 Å². The molecular weight excluding hydrogens is 274 g/mol. The summed E-state index contributed by atoms with van der Waals surface area (Å²) in [6.07, 6.45) is 0. The van der Waals surface area contributed by atoms with Crippen molar-refractivity contribution in [2.75, 3.05) is 27.2 Å². The number of rotatable bonds is 6. The van der Waals surface area contributed by atoms with E-state index in [1.807, 2.05) is 60.7 Å². The summed E-state index contributed by atoms with van der Waals surface area (Å²) in [5, 5.41) is 5.98. The number of hydrogen-bond donors (Lipinski definition) is 3. The Labute approximate surface area is 132 Å². The average molecular weight is 298 g/mol. The summed E-state index contributed by atoms with van der Waals surface area (Å²) >= 11 is 0. The Morgan fingerprint density at radius 2 is 1.45 bits per heavy atom. The second kappa shape index (κ2) is 8.20. The van der Waals surface area contributed by atoms with Crippen molar-refractivity contribution in [2.45, 2.75) is 6.04 Å². The fraction of sp³-hybridized carbons (Fsp3) is 0.278. The van der Waals surface area contributed by atoms with Gasteiger partial charge in [-0.2, -0.15) is 0 Å². The number of hydrogen-bond acceptors (Lipinski definition) is 1. The number of benzene rings is 2. The van der Waals surface area contributed by atoms with Crippen LogP contribution < -0.4 is 15.5 Å². The second-order valence-corrected chi connectivity index (χ2v) is 5.61. The smallest absolute Gasteiger partial charge is 0.315 e. The zero-order chi connectivity index (χ0) is 15.8. The highest BCUT2D eigenvalue weighted by Crippen LogP contribution is 2.21. The monoisotopic (exact) mass is 298 g/mol. The molecule has 0 aliphatic carbocycles. The zero-order valence-electron chi connectivity index (χ0n) is 13.2. The van der Waals surface area contributed by atoms with E-state index >= 15 is 0 Å². The summed E-state index contributed by atoms with van der Waals surface area (Å²) < 4.78 is 0. The number of amides is 2. The fourth-order valence-electron chi connectivity index (χ4n) is 2.26. The van der Waals surface area contributed by atoms with Crippen LogP contribution in [0.2, 0.25) is 0 Å². The molecule has 0 spiro atoms. The molecule has 0 bridgehead atoms. The number of nitrogens with one attached hydrogen (secondary N) is 3. The van der Waals surface area contributed by atoms with Crippen molar-refractivity contribution < 1.29 is 9.69 Å². The first-order valence-corrected chi connectivity index (χ1v) is 7.60. The summed E-state index contributed by atoms with van der Waals surface area (Å²) in [5.41, 5.74) is 2.14. The maximum absolute atomic E-state index is 12.2. The lowest BCUT2D eigenvalue weighted by molar-refractivity contribution is -0.856. The molecule has 4 heteroatoms. The van der Waals surface area contributed by atoms with Crippen molar-refractivity contribution in [3.8, 4) is 0 Å². The first-order valence-electron chi connectivity index (χ1n) is 7.60. The third kappa shape index (κ3) is 4.90. The van der Waals surface area contributed by atoms with Crippen LogP contribution in [0.3, 0.4) is 0 Å². The van der Waals surface area contributed by atoms with Crippen LogP contribution >= 0.6 is 0 Å². The van der Waals surface area contributed by atoms with Crippen LogP contribution in [-0.4, -0.2) is 33.2 Å². The molecule has 4 nitrogen and oxygen atoms in total. The molecule has 116 valence electrons. The number of urea groups is 1. The molecular formula is C18H24N3O+. The van der Waals surface area contributed by atoms with Crippen LogP contribution in [0.25, 0.3) is 0 Å². The van der Waals surface area contributed by atoms with Gasteiger partial charge in [-0.3, -0.25) is 0 Å². The van der Waals surface area contributed by atoms with Gasteiger partial charge in [0.1, 0.15) is 0 Å². The highest BCUT2D eigenvalue weighted by molar-refractivity contribution is 5.75. The Hall–Kier alpha value is -2.33. The first-order chi connectivity index (χ1) is 10.7. The fourth-order valence-corrected chi connectivity index (χ4v) is 2.26. The maximum Gasteiger partial charge on any atom is 0.315 e. The summed E-state index contributed by atoms with van der Waals surface area (Å²) in [5.74, 6) is 0. The molecule has 2 rings (SSSR count). The molecule has 0 aliphatic heterocycles. The van der Waals surface area contributed by atoms with E-state index in [-0.39, 0.29) is 12.1 Å². The van der Waals surface area contributed by atoms with E-state index in [1.54, 1.807) is 0 Å². The second-order valence-electron chi connectivity index (χ2n) is 5.61. The standard InChI is InChI=1S/C18H23N3O/c1-21(2)14-13-19-18(22)20-17(15-9-5-3-6-10-15)16-11-7-4-8-12-16/h3-12,17H,13-14H2,1-2H3,(H2,19,20,22)/p+1. The first kappa shape index (κ1) is 16.0. The van der Waals surface area contributed by atoms with E-state index in [0.29, 0.717) is 6.54 Å². The number of quaternary nitrogens is 1. The molecule has 0 saturated heterocycles. The minimum absolute atomic E-state index is 0.140. The average Bonchev–Trinajstić information content (AvgIpc) is 2.54. The van der Waals surface area contributed by atoms with E-state index in [1.165, 1.54) is 4.90 Å². The SMILES string of the molecule is C[NH+](C)CCNC(=O)NC(c1ccccc1)c1ccccc1. The highest BCUT2D eigenvalue weighted by atomic mass is 16.2. The van der Waals surface area contributed by atoms with Crippen LogP contribution in [0.1, 0.15) is 17.2 Å². The predicted octanol–water partition coefficient (Wildman–Crippen LogP) is 1.22. The molecule has 22 heavy (non-hydrogen) atoms. The zero-order valence-corrected chi connectivity index (χ0v) is 13.2. The molecule has 0 saturated carbocycles. The number of carbonyl (C=O) groups is 1. The molecule has 3 N–H and O–H groups in total. The maximum atomic E-state index is 12.2. The van der Waals surface area contributed by atoms with Crippen molar-refractivity contribution in [2.24, 2.45) is 0 Å². The Morgan fingerprint density at radius 1 is 0.955 bits per heavy atom. The van der Waals surface area contributed by atoms with Gasteiger partial charge in [0.25, 0.3) is 0 Å². The van der Waals surface area contributed by atoms with Crippen LogP contribution in [0.4, 0.5) is 4.79 Å². The van der Waals surface area contributed by atoms with Crippen LogP contribution in [0.5, 0.6) is 0 Å². The number of likely N-dealkylation sites (N-methyl/N-ethyl adjacent to an activating group) is 1. The Balaban J connectivity index is 2.08. The molecule has 0 radical (unpaired) electrons. The summed E-state index contributed by atoms with van der Waals surface area (Å²) in [6, 6.07) is 19.7. The van der Waals surface area contributed by atoms with Gasteiger partial charge in [0.2, 0.25) is 0 Å². The third-order valence-electron chi connectivity index (χ3n) is 3.45. The van der Waals surface area contributed by atoms with Gasteiger partial charge in [0, 0.05) is 0 Å². The molecule has 0 atom stereocenters. The summed E-state index contributed by atoms with van der Waals surface area (Å²) in [4.78, 5) is 13.5. The lowest BCUT2D eigenvalue weighted by Crippen LogP contribution is -3.06. The van der Waals surface area contributed by atoms with Gasteiger partial charge >= 0.3 is 6.03 Å². The molecule has 0 fully saturated rings. The quantitative estimate of drug-likeness (QED) is 0.738. The van der Waals surface area contributed by atoms with E-state index in [9.17, 15) is 4.79 Å². The largest absolute Gasteiger partial charge is 0.338 e. The topological polar surface area (TPSA) is 45.6 Å². The highest BCUT2D eigenvalue weighted by Gasteiger charge is 2.16. The molecule has 0 aliphatic rings. The minimum Gasteiger partial charge on any atom is -0.338 e. The molecule has 2 amide bonds. The van der Waals surface area contributed by atoms with Crippen LogP contribution in [-0.2, 0) is 0 Å².